The molecule has 15 heavy (non-hydrogen) atoms. The van der Waals surface area contributed by atoms with Crippen molar-refractivity contribution < 1.29 is 14.3 Å². The lowest BCUT2D eigenvalue weighted by Gasteiger charge is -2.04. The van der Waals surface area contributed by atoms with Gasteiger partial charge in [0.2, 0.25) is 5.91 Å². The molecule has 1 N–H and O–H groups in total. The molecule has 4 nitrogen and oxygen atoms in total. The van der Waals surface area contributed by atoms with E-state index in [0.717, 1.165) is 11.4 Å². The van der Waals surface area contributed by atoms with Crippen molar-refractivity contribution in [3.63, 3.8) is 0 Å². The summed E-state index contributed by atoms with van der Waals surface area (Å²) in [6.45, 7) is 0.704. The number of benzene rings is 1. The van der Waals surface area contributed by atoms with E-state index in [9.17, 15) is 4.79 Å². The maximum absolute atomic E-state index is 11.4. The summed E-state index contributed by atoms with van der Waals surface area (Å²) in [6.07, 6.45) is 0.565. The molecule has 0 aliphatic carbocycles. The predicted octanol–water partition coefficient (Wildman–Crippen LogP) is 1.42. The number of hydrogen-bond acceptors (Lipinski definition) is 3. The van der Waals surface area contributed by atoms with Crippen LogP contribution in [0.25, 0.3) is 0 Å². The Balaban J connectivity index is 1.88. The summed E-state index contributed by atoms with van der Waals surface area (Å²) in [5.41, 5.74) is 0.779. The zero-order valence-electron chi connectivity index (χ0n) is 8.53. The number of amides is 1. The molecular formula is C11H13NO3. The van der Waals surface area contributed by atoms with E-state index < -0.39 is 0 Å². The molecule has 0 bridgehead atoms. The standard InChI is InChI=1S/C11H13NO3/c1-14-9-4-2-8(3-5-9)12-11(13)6-10-7-15-10/h2-5,10H,6-7H2,1H3,(H,12,13). The fourth-order valence-electron chi connectivity index (χ4n) is 1.28. The van der Waals surface area contributed by atoms with Crippen molar-refractivity contribution in [2.24, 2.45) is 0 Å². The van der Waals surface area contributed by atoms with Crippen LogP contribution in [0.1, 0.15) is 6.42 Å². The summed E-state index contributed by atoms with van der Waals surface area (Å²) in [5, 5.41) is 2.79. The minimum absolute atomic E-state index is 0.0114. The SMILES string of the molecule is COc1ccc(NC(=O)CC2CO2)cc1. The van der Waals surface area contributed by atoms with Gasteiger partial charge in [0.05, 0.1) is 26.2 Å². The van der Waals surface area contributed by atoms with Crippen molar-refractivity contribution in [2.45, 2.75) is 12.5 Å². The van der Waals surface area contributed by atoms with Crippen molar-refractivity contribution >= 4 is 11.6 Å². The molecule has 4 heteroatoms. The highest BCUT2D eigenvalue weighted by Crippen LogP contribution is 2.17. The third-order valence-electron chi connectivity index (χ3n) is 2.19. The van der Waals surface area contributed by atoms with Crippen molar-refractivity contribution in [1.29, 1.82) is 0 Å². The fourth-order valence-corrected chi connectivity index (χ4v) is 1.28. The average Bonchev–Trinajstić information content (AvgIpc) is 3.03. The second-order valence-electron chi connectivity index (χ2n) is 3.44. The third kappa shape index (κ3) is 2.95. The van der Waals surface area contributed by atoms with Crippen LogP contribution in [0.15, 0.2) is 24.3 Å². The maximum atomic E-state index is 11.4. The number of carbonyl (C=O) groups is 1. The molecule has 1 heterocycles. The first-order valence-electron chi connectivity index (χ1n) is 4.83. The van der Waals surface area contributed by atoms with Crippen LogP contribution in [0.2, 0.25) is 0 Å². The molecule has 1 aromatic carbocycles. The van der Waals surface area contributed by atoms with Gasteiger partial charge in [0, 0.05) is 5.69 Å². The molecule has 1 aliphatic heterocycles. The Morgan fingerprint density at radius 2 is 2.20 bits per heavy atom. The molecule has 2 rings (SSSR count). The Hall–Kier alpha value is -1.55. The second-order valence-corrected chi connectivity index (χ2v) is 3.44. The van der Waals surface area contributed by atoms with E-state index >= 15 is 0 Å². The number of carbonyl (C=O) groups excluding carboxylic acids is 1. The van der Waals surface area contributed by atoms with Gasteiger partial charge in [-0.1, -0.05) is 0 Å². The molecular weight excluding hydrogens is 194 g/mol. The number of rotatable bonds is 4. The van der Waals surface area contributed by atoms with E-state index in [1.807, 2.05) is 24.3 Å². The summed E-state index contributed by atoms with van der Waals surface area (Å²) in [5.74, 6) is 0.765. The Kier molecular flexibility index (Phi) is 2.87. The molecule has 1 atom stereocenters. The fraction of sp³-hybridized carbons (Fsp3) is 0.364. The van der Waals surface area contributed by atoms with Crippen molar-refractivity contribution in [1.82, 2.24) is 0 Å². The van der Waals surface area contributed by atoms with E-state index in [1.54, 1.807) is 7.11 Å². The molecule has 0 spiro atoms. The van der Waals surface area contributed by atoms with E-state index in [1.165, 1.54) is 0 Å². The van der Waals surface area contributed by atoms with Crippen LogP contribution < -0.4 is 10.1 Å². The highest BCUT2D eigenvalue weighted by molar-refractivity contribution is 5.91. The molecule has 1 aromatic rings. The average molecular weight is 207 g/mol. The van der Waals surface area contributed by atoms with Crippen LogP contribution in [-0.2, 0) is 9.53 Å². The normalized spacial score (nSPS) is 18.3. The summed E-state index contributed by atoms with van der Waals surface area (Å²) < 4.78 is 9.99. The summed E-state index contributed by atoms with van der Waals surface area (Å²) in [7, 11) is 1.61. The van der Waals surface area contributed by atoms with Crippen molar-refractivity contribution in [2.75, 3.05) is 19.0 Å². The Morgan fingerprint density at radius 1 is 1.53 bits per heavy atom. The summed E-state index contributed by atoms with van der Waals surface area (Å²) in [4.78, 5) is 11.4. The Bertz CT molecular complexity index is 343. The smallest absolute Gasteiger partial charge is 0.227 e. The second kappa shape index (κ2) is 4.31. The lowest BCUT2D eigenvalue weighted by atomic mass is 10.2. The Morgan fingerprint density at radius 3 is 2.73 bits per heavy atom. The number of ether oxygens (including phenoxy) is 2. The monoisotopic (exact) mass is 207 g/mol. The Labute approximate surface area is 88.2 Å². The molecule has 80 valence electrons. The third-order valence-corrected chi connectivity index (χ3v) is 2.19. The quantitative estimate of drug-likeness (QED) is 0.760. The van der Waals surface area contributed by atoms with Gasteiger partial charge in [-0.2, -0.15) is 0 Å². The number of hydrogen-bond donors (Lipinski definition) is 1. The minimum atomic E-state index is -0.0114. The molecule has 1 unspecified atom stereocenters. The van der Waals surface area contributed by atoms with Gasteiger partial charge in [0.1, 0.15) is 5.75 Å². The van der Waals surface area contributed by atoms with Gasteiger partial charge < -0.3 is 14.8 Å². The lowest BCUT2D eigenvalue weighted by Crippen LogP contribution is -2.13. The van der Waals surface area contributed by atoms with E-state index in [2.05, 4.69) is 5.32 Å². The lowest BCUT2D eigenvalue weighted by molar-refractivity contribution is -0.116. The minimum Gasteiger partial charge on any atom is -0.497 e. The number of nitrogens with one attached hydrogen (secondary N) is 1. The van der Waals surface area contributed by atoms with E-state index in [4.69, 9.17) is 9.47 Å². The summed E-state index contributed by atoms with van der Waals surface area (Å²) >= 11 is 0. The van der Waals surface area contributed by atoms with Gasteiger partial charge >= 0.3 is 0 Å². The van der Waals surface area contributed by atoms with Crippen LogP contribution in [-0.4, -0.2) is 25.7 Å². The van der Waals surface area contributed by atoms with Crippen molar-refractivity contribution in [3.05, 3.63) is 24.3 Å². The first-order valence-corrected chi connectivity index (χ1v) is 4.83. The zero-order valence-corrected chi connectivity index (χ0v) is 8.53. The first-order chi connectivity index (χ1) is 7.28. The molecule has 0 radical (unpaired) electrons. The summed E-state index contributed by atoms with van der Waals surface area (Å²) in [6, 6.07) is 7.24. The number of epoxide rings is 1. The highest BCUT2D eigenvalue weighted by Gasteiger charge is 2.25. The van der Waals surface area contributed by atoms with Crippen LogP contribution in [0.3, 0.4) is 0 Å². The highest BCUT2D eigenvalue weighted by atomic mass is 16.6. The van der Waals surface area contributed by atoms with Gasteiger partial charge in [0.15, 0.2) is 0 Å². The molecule has 0 aromatic heterocycles. The van der Waals surface area contributed by atoms with Crippen LogP contribution in [0.5, 0.6) is 5.75 Å². The molecule has 1 aliphatic rings. The van der Waals surface area contributed by atoms with Crippen LogP contribution in [0, 0.1) is 0 Å². The topological polar surface area (TPSA) is 50.9 Å². The molecule has 0 saturated carbocycles. The van der Waals surface area contributed by atoms with Crippen molar-refractivity contribution in [3.8, 4) is 5.75 Å². The van der Waals surface area contributed by atoms with E-state index in [0.29, 0.717) is 13.0 Å². The zero-order chi connectivity index (χ0) is 10.7. The number of methoxy groups -OCH3 is 1. The van der Waals surface area contributed by atoms with Gasteiger partial charge in [-0.3, -0.25) is 4.79 Å². The number of anilines is 1. The molecule has 1 saturated heterocycles. The van der Waals surface area contributed by atoms with E-state index in [-0.39, 0.29) is 12.0 Å². The van der Waals surface area contributed by atoms with Crippen LogP contribution >= 0.6 is 0 Å². The van der Waals surface area contributed by atoms with Gasteiger partial charge in [0.25, 0.3) is 0 Å². The van der Waals surface area contributed by atoms with Gasteiger partial charge in [-0.05, 0) is 24.3 Å². The molecule has 1 fully saturated rings. The largest absolute Gasteiger partial charge is 0.497 e. The van der Waals surface area contributed by atoms with Gasteiger partial charge in [-0.15, -0.1) is 0 Å². The van der Waals surface area contributed by atoms with Crippen LogP contribution in [0.4, 0.5) is 5.69 Å². The first kappa shape index (κ1) is 9.98. The maximum Gasteiger partial charge on any atom is 0.227 e. The molecule has 1 amide bonds. The predicted molar refractivity (Wildman–Crippen MR) is 56.0 cm³/mol. The van der Waals surface area contributed by atoms with Gasteiger partial charge in [-0.25, -0.2) is 0 Å².